The summed E-state index contributed by atoms with van der Waals surface area (Å²) in [5.74, 6) is 0.392. The van der Waals surface area contributed by atoms with Gasteiger partial charge in [0.1, 0.15) is 11.7 Å². The lowest BCUT2D eigenvalue weighted by molar-refractivity contribution is 0.0617. The molecule has 2 aromatic heterocycles. The van der Waals surface area contributed by atoms with Crippen molar-refractivity contribution in [2.75, 3.05) is 39.4 Å². The second-order valence-electron chi connectivity index (χ2n) is 6.85. The maximum absolute atomic E-state index is 13.0. The molecule has 2 fully saturated rings. The zero-order valence-electron chi connectivity index (χ0n) is 15.3. The van der Waals surface area contributed by atoms with Crippen molar-refractivity contribution in [1.82, 2.24) is 19.8 Å². The molecule has 0 saturated carbocycles. The molecule has 7 nitrogen and oxygen atoms in total. The monoisotopic (exact) mass is 368 g/mol. The van der Waals surface area contributed by atoms with Crippen molar-refractivity contribution in [2.45, 2.75) is 19.1 Å². The van der Waals surface area contributed by atoms with Gasteiger partial charge in [-0.2, -0.15) is 0 Å². The summed E-state index contributed by atoms with van der Waals surface area (Å²) in [6, 6.07) is 9.53. The first-order chi connectivity index (χ1) is 13.3. The van der Waals surface area contributed by atoms with Gasteiger partial charge in [-0.25, -0.2) is 4.98 Å². The lowest BCUT2D eigenvalue weighted by atomic mass is 10.2. The molecule has 1 atom stereocenters. The van der Waals surface area contributed by atoms with Gasteiger partial charge in [0.2, 0.25) is 5.88 Å². The Hall–Kier alpha value is -2.51. The van der Waals surface area contributed by atoms with Gasteiger partial charge in [-0.3, -0.25) is 14.7 Å². The SMILES string of the molecule is O=C(c1cccnc1O[C@H]1CCOC1)N1CCN(Cc2ccccn2)CC1. The highest BCUT2D eigenvalue weighted by molar-refractivity contribution is 5.96. The molecule has 2 aromatic rings. The molecule has 0 radical (unpaired) electrons. The molecule has 0 aromatic carbocycles. The lowest BCUT2D eigenvalue weighted by Crippen LogP contribution is -2.48. The molecule has 2 aliphatic rings. The Labute approximate surface area is 158 Å². The van der Waals surface area contributed by atoms with Crippen molar-refractivity contribution < 1.29 is 14.3 Å². The van der Waals surface area contributed by atoms with Gasteiger partial charge < -0.3 is 14.4 Å². The third-order valence-corrected chi connectivity index (χ3v) is 4.94. The number of rotatable bonds is 5. The van der Waals surface area contributed by atoms with Gasteiger partial charge in [0.05, 0.1) is 18.9 Å². The second kappa shape index (κ2) is 8.45. The van der Waals surface area contributed by atoms with E-state index in [1.807, 2.05) is 29.3 Å². The van der Waals surface area contributed by atoms with E-state index in [1.165, 1.54) is 0 Å². The van der Waals surface area contributed by atoms with Crippen LogP contribution in [0.2, 0.25) is 0 Å². The molecular formula is C20H24N4O3. The Balaban J connectivity index is 1.36. The Morgan fingerprint density at radius 2 is 1.96 bits per heavy atom. The Bertz CT molecular complexity index is 757. The molecule has 2 saturated heterocycles. The molecule has 0 unspecified atom stereocenters. The number of aromatic nitrogens is 2. The first-order valence-corrected chi connectivity index (χ1v) is 9.40. The normalized spacial score (nSPS) is 20.6. The number of pyridine rings is 2. The van der Waals surface area contributed by atoms with Gasteiger partial charge in [-0.15, -0.1) is 0 Å². The molecule has 27 heavy (non-hydrogen) atoms. The zero-order chi connectivity index (χ0) is 18.5. The molecule has 4 rings (SSSR count). The van der Waals surface area contributed by atoms with Crippen LogP contribution in [0.3, 0.4) is 0 Å². The predicted octanol–water partition coefficient (Wildman–Crippen LogP) is 1.60. The number of amides is 1. The summed E-state index contributed by atoms with van der Waals surface area (Å²) >= 11 is 0. The topological polar surface area (TPSA) is 67.8 Å². The third-order valence-electron chi connectivity index (χ3n) is 4.94. The van der Waals surface area contributed by atoms with Crippen molar-refractivity contribution in [3.05, 3.63) is 54.0 Å². The molecule has 1 amide bonds. The fourth-order valence-corrected chi connectivity index (χ4v) is 3.41. The summed E-state index contributed by atoms with van der Waals surface area (Å²) in [5, 5.41) is 0. The average molecular weight is 368 g/mol. The maximum Gasteiger partial charge on any atom is 0.259 e. The molecule has 142 valence electrons. The summed E-state index contributed by atoms with van der Waals surface area (Å²) in [5.41, 5.74) is 1.58. The van der Waals surface area contributed by atoms with Crippen LogP contribution in [0, 0.1) is 0 Å². The highest BCUT2D eigenvalue weighted by Crippen LogP contribution is 2.21. The van der Waals surface area contributed by atoms with Gasteiger partial charge >= 0.3 is 0 Å². The van der Waals surface area contributed by atoms with E-state index in [0.29, 0.717) is 37.7 Å². The van der Waals surface area contributed by atoms with Gasteiger partial charge in [-0.05, 0) is 24.3 Å². The minimum atomic E-state index is -0.0262. The number of hydrogen-bond donors (Lipinski definition) is 0. The lowest BCUT2D eigenvalue weighted by Gasteiger charge is -2.34. The maximum atomic E-state index is 13.0. The van der Waals surface area contributed by atoms with Crippen LogP contribution in [0.5, 0.6) is 5.88 Å². The minimum Gasteiger partial charge on any atom is -0.471 e. The van der Waals surface area contributed by atoms with E-state index in [9.17, 15) is 4.79 Å². The van der Waals surface area contributed by atoms with Gasteiger partial charge in [0.15, 0.2) is 0 Å². The van der Waals surface area contributed by atoms with E-state index in [2.05, 4.69) is 14.9 Å². The highest BCUT2D eigenvalue weighted by Gasteiger charge is 2.26. The number of ether oxygens (including phenoxy) is 2. The van der Waals surface area contributed by atoms with Crippen LogP contribution >= 0.6 is 0 Å². The molecule has 0 aliphatic carbocycles. The molecule has 4 heterocycles. The first-order valence-electron chi connectivity index (χ1n) is 9.40. The summed E-state index contributed by atoms with van der Waals surface area (Å²) < 4.78 is 11.3. The largest absolute Gasteiger partial charge is 0.471 e. The minimum absolute atomic E-state index is 0.0190. The number of carbonyl (C=O) groups is 1. The number of hydrogen-bond acceptors (Lipinski definition) is 6. The molecule has 0 N–H and O–H groups in total. The zero-order valence-corrected chi connectivity index (χ0v) is 15.3. The summed E-state index contributed by atoms with van der Waals surface area (Å²) in [4.78, 5) is 25.9. The predicted molar refractivity (Wildman–Crippen MR) is 99.5 cm³/mol. The summed E-state index contributed by atoms with van der Waals surface area (Å²) in [7, 11) is 0. The van der Waals surface area contributed by atoms with Crippen molar-refractivity contribution >= 4 is 5.91 Å². The standard InChI is InChI=1S/C20H24N4O3/c25-20(18-5-3-8-22-19(18)27-17-6-13-26-15-17)24-11-9-23(10-12-24)14-16-4-1-2-7-21-16/h1-5,7-8,17H,6,9-15H2/t17-/m0/s1. The molecule has 7 heteroatoms. The van der Waals surface area contributed by atoms with E-state index in [-0.39, 0.29) is 12.0 Å². The Kier molecular flexibility index (Phi) is 5.60. The van der Waals surface area contributed by atoms with E-state index < -0.39 is 0 Å². The molecule has 0 spiro atoms. The number of nitrogens with zero attached hydrogens (tertiary/aromatic N) is 4. The van der Waals surface area contributed by atoms with Crippen molar-refractivity contribution in [3.63, 3.8) is 0 Å². The van der Waals surface area contributed by atoms with E-state index in [1.54, 1.807) is 18.3 Å². The number of carbonyl (C=O) groups excluding carboxylic acids is 1. The van der Waals surface area contributed by atoms with Gasteiger partial charge in [0.25, 0.3) is 5.91 Å². The quantitative estimate of drug-likeness (QED) is 0.799. The van der Waals surface area contributed by atoms with Crippen LogP contribution in [0.15, 0.2) is 42.7 Å². The van der Waals surface area contributed by atoms with Crippen LogP contribution in [0.4, 0.5) is 0 Å². The molecule has 0 bridgehead atoms. The summed E-state index contributed by atoms with van der Waals surface area (Å²) in [6.45, 7) is 5.09. The van der Waals surface area contributed by atoms with Crippen molar-refractivity contribution in [1.29, 1.82) is 0 Å². The second-order valence-corrected chi connectivity index (χ2v) is 6.85. The van der Waals surface area contributed by atoms with Gasteiger partial charge in [0, 0.05) is 51.5 Å². The van der Waals surface area contributed by atoms with E-state index in [4.69, 9.17) is 9.47 Å². The third kappa shape index (κ3) is 4.43. The Morgan fingerprint density at radius 1 is 1.11 bits per heavy atom. The first kappa shape index (κ1) is 17.9. The van der Waals surface area contributed by atoms with Crippen LogP contribution in [-0.4, -0.2) is 71.2 Å². The smallest absolute Gasteiger partial charge is 0.259 e. The van der Waals surface area contributed by atoms with Crippen LogP contribution in [0.1, 0.15) is 22.5 Å². The molecular weight excluding hydrogens is 344 g/mol. The molecule has 2 aliphatic heterocycles. The van der Waals surface area contributed by atoms with E-state index in [0.717, 1.165) is 31.7 Å². The van der Waals surface area contributed by atoms with Gasteiger partial charge in [-0.1, -0.05) is 6.07 Å². The van der Waals surface area contributed by atoms with E-state index >= 15 is 0 Å². The van der Waals surface area contributed by atoms with Crippen LogP contribution in [0.25, 0.3) is 0 Å². The van der Waals surface area contributed by atoms with Crippen molar-refractivity contribution in [3.8, 4) is 5.88 Å². The highest BCUT2D eigenvalue weighted by atomic mass is 16.5. The van der Waals surface area contributed by atoms with Crippen LogP contribution < -0.4 is 4.74 Å². The summed E-state index contributed by atoms with van der Waals surface area (Å²) in [6.07, 6.45) is 4.28. The van der Waals surface area contributed by atoms with Crippen LogP contribution in [-0.2, 0) is 11.3 Å². The average Bonchev–Trinajstić information content (AvgIpc) is 3.22. The fourth-order valence-electron chi connectivity index (χ4n) is 3.41. The Morgan fingerprint density at radius 3 is 2.70 bits per heavy atom. The fraction of sp³-hybridized carbons (Fsp3) is 0.450. The number of piperazine rings is 1. The van der Waals surface area contributed by atoms with Crippen molar-refractivity contribution in [2.24, 2.45) is 0 Å².